The van der Waals surface area contributed by atoms with Crippen LogP contribution in [0.15, 0.2) is 51.7 Å². The predicted octanol–water partition coefficient (Wildman–Crippen LogP) is 3.65. The second-order valence-electron chi connectivity index (χ2n) is 9.46. The van der Waals surface area contributed by atoms with E-state index in [1.807, 2.05) is 0 Å². The number of nitrogens with zero attached hydrogens (tertiary/aromatic N) is 1. The molecule has 0 bridgehead atoms. The summed E-state index contributed by atoms with van der Waals surface area (Å²) >= 11 is 0. The first-order valence-electron chi connectivity index (χ1n) is 12.1. The standard InChI is InChI=1S/C27H29F3N2O5/c1-16-22-7-6-21(36-15-20(33)14-32-10-8-18(9-11-32)25(31)34)13-24(22)37-26(35)23(16)12-17-2-4-19(5-3-17)27(28,29)30/h2-7,13,18,20,33H,8-12,14-15H2,1H3,(H2,31,34). The summed E-state index contributed by atoms with van der Waals surface area (Å²) in [6.07, 6.45) is -3.68. The van der Waals surface area contributed by atoms with Crippen molar-refractivity contribution in [3.8, 4) is 5.75 Å². The summed E-state index contributed by atoms with van der Waals surface area (Å²) in [7, 11) is 0. The van der Waals surface area contributed by atoms with Gasteiger partial charge in [-0.15, -0.1) is 0 Å². The summed E-state index contributed by atoms with van der Waals surface area (Å²) in [5, 5.41) is 11.1. The molecule has 1 fully saturated rings. The van der Waals surface area contributed by atoms with Crippen molar-refractivity contribution in [1.29, 1.82) is 0 Å². The molecule has 1 saturated heterocycles. The molecule has 1 atom stereocenters. The van der Waals surface area contributed by atoms with Crippen LogP contribution in [0.5, 0.6) is 5.75 Å². The van der Waals surface area contributed by atoms with Crippen molar-refractivity contribution in [2.45, 2.75) is 38.5 Å². The lowest BCUT2D eigenvalue weighted by Gasteiger charge is -2.31. The van der Waals surface area contributed by atoms with Crippen LogP contribution in [0.3, 0.4) is 0 Å². The lowest BCUT2D eigenvalue weighted by molar-refractivity contribution is -0.137. The van der Waals surface area contributed by atoms with Crippen LogP contribution >= 0.6 is 0 Å². The molecule has 198 valence electrons. The van der Waals surface area contributed by atoms with Crippen molar-refractivity contribution in [1.82, 2.24) is 4.90 Å². The maximum absolute atomic E-state index is 12.8. The maximum Gasteiger partial charge on any atom is 0.416 e. The first-order chi connectivity index (χ1) is 17.5. The molecule has 1 aliphatic heterocycles. The Bertz CT molecular complexity index is 1310. The molecule has 2 heterocycles. The smallest absolute Gasteiger partial charge is 0.416 e. The molecular weight excluding hydrogens is 489 g/mol. The van der Waals surface area contributed by atoms with Gasteiger partial charge in [-0.25, -0.2) is 4.79 Å². The van der Waals surface area contributed by atoms with Gasteiger partial charge in [0.15, 0.2) is 0 Å². The third-order valence-electron chi connectivity index (χ3n) is 6.82. The van der Waals surface area contributed by atoms with Crippen LogP contribution in [-0.4, -0.2) is 48.3 Å². The van der Waals surface area contributed by atoms with E-state index in [1.165, 1.54) is 12.1 Å². The number of aliphatic hydroxyl groups excluding tert-OH is 1. The number of alkyl halides is 3. The number of halogens is 3. The Morgan fingerprint density at radius 3 is 2.49 bits per heavy atom. The number of fused-ring (bicyclic) bond motifs is 1. The van der Waals surface area contributed by atoms with Gasteiger partial charge in [0.05, 0.1) is 5.56 Å². The molecule has 0 spiro atoms. The fraction of sp³-hybridized carbons (Fsp3) is 0.407. The van der Waals surface area contributed by atoms with E-state index in [2.05, 4.69) is 4.90 Å². The molecule has 2 aromatic carbocycles. The summed E-state index contributed by atoms with van der Waals surface area (Å²) in [5.41, 5.74) is 5.98. The number of hydrogen-bond acceptors (Lipinski definition) is 6. The SMILES string of the molecule is Cc1c(Cc2ccc(C(F)(F)F)cc2)c(=O)oc2cc(OCC(O)CN3CCC(C(N)=O)CC3)ccc12. The molecule has 3 N–H and O–H groups in total. The fourth-order valence-electron chi connectivity index (χ4n) is 4.63. The first kappa shape index (κ1) is 26.7. The molecule has 4 rings (SSSR count). The van der Waals surface area contributed by atoms with Crippen LogP contribution in [0.1, 0.15) is 35.1 Å². The number of benzene rings is 2. The zero-order valence-electron chi connectivity index (χ0n) is 20.4. The third kappa shape index (κ3) is 6.50. The molecule has 1 aliphatic rings. The van der Waals surface area contributed by atoms with Gasteiger partial charge in [-0.3, -0.25) is 4.79 Å². The monoisotopic (exact) mass is 518 g/mol. The molecule has 0 radical (unpaired) electrons. The van der Waals surface area contributed by atoms with Crippen molar-refractivity contribution in [3.63, 3.8) is 0 Å². The molecule has 7 nitrogen and oxygen atoms in total. The summed E-state index contributed by atoms with van der Waals surface area (Å²) in [6, 6.07) is 9.74. The number of carbonyl (C=O) groups excluding carboxylic acids is 1. The molecule has 1 amide bonds. The van der Waals surface area contributed by atoms with Gasteiger partial charge >= 0.3 is 11.8 Å². The highest BCUT2D eigenvalue weighted by molar-refractivity contribution is 5.82. The van der Waals surface area contributed by atoms with Crippen LogP contribution in [0.2, 0.25) is 0 Å². The van der Waals surface area contributed by atoms with E-state index >= 15 is 0 Å². The number of primary amides is 1. The average molecular weight is 519 g/mol. The van der Waals surface area contributed by atoms with Crippen LogP contribution in [0.4, 0.5) is 13.2 Å². The van der Waals surface area contributed by atoms with Crippen molar-refractivity contribution < 1.29 is 32.2 Å². The Balaban J connectivity index is 1.40. The number of nitrogens with two attached hydrogens (primary N) is 1. The summed E-state index contributed by atoms with van der Waals surface area (Å²) in [4.78, 5) is 26.0. The lowest BCUT2D eigenvalue weighted by atomic mass is 9.96. The highest BCUT2D eigenvalue weighted by Crippen LogP contribution is 2.30. The molecule has 37 heavy (non-hydrogen) atoms. The number of ether oxygens (including phenoxy) is 1. The van der Waals surface area contributed by atoms with Gasteiger partial charge in [0.1, 0.15) is 24.0 Å². The largest absolute Gasteiger partial charge is 0.491 e. The molecule has 1 unspecified atom stereocenters. The normalized spacial score (nSPS) is 16.1. The highest BCUT2D eigenvalue weighted by Gasteiger charge is 2.30. The van der Waals surface area contributed by atoms with Crippen molar-refractivity contribution >= 4 is 16.9 Å². The molecule has 0 saturated carbocycles. The molecular formula is C27H29F3N2O5. The van der Waals surface area contributed by atoms with Gasteiger partial charge in [-0.2, -0.15) is 13.2 Å². The van der Waals surface area contributed by atoms with Crippen LogP contribution < -0.4 is 16.1 Å². The van der Waals surface area contributed by atoms with E-state index < -0.39 is 23.5 Å². The Labute approximate surface area is 211 Å². The zero-order chi connectivity index (χ0) is 26.7. The number of hydrogen-bond donors (Lipinski definition) is 2. The van der Waals surface area contributed by atoms with Gasteiger partial charge in [0.25, 0.3) is 0 Å². The Kier molecular flexibility index (Phi) is 7.89. The fourth-order valence-corrected chi connectivity index (χ4v) is 4.63. The molecule has 10 heteroatoms. The van der Waals surface area contributed by atoms with Crippen LogP contribution in [-0.2, 0) is 17.4 Å². The zero-order valence-corrected chi connectivity index (χ0v) is 20.4. The Morgan fingerprint density at radius 2 is 1.86 bits per heavy atom. The van der Waals surface area contributed by atoms with Gasteiger partial charge in [-0.1, -0.05) is 12.1 Å². The molecule has 3 aromatic rings. The average Bonchev–Trinajstić information content (AvgIpc) is 2.85. The topological polar surface area (TPSA) is 106 Å². The molecule has 0 aliphatic carbocycles. The minimum absolute atomic E-state index is 0.0382. The highest BCUT2D eigenvalue weighted by atomic mass is 19.4. The minimum Gasteiger partial charge on any atom is -0.491 e. The van der Waals surface area contributed by atoms with Gasteiger partial charge in [0, 0.05) is 35.9 Å². The van der Waals surface area contributed by atoms with Crippen molar-refractivity contribution in [2.24, 2.45) is 11.7 Å². The van der Waals surface area contributed by atoms with Crippen molar-refractivity contribution in [2.75, 3.05) is 26.2 Å². The summed E-state index contributed by atoms with van der Waals surface area (Å²) in [5.74, 6) is 0.0290. The number of aliphatic hydroxyl groups is 1. The van der Waals surface area contributed by atoms with E-state index in [-0.39, 0.29) is 24.9 Å². The number of likely N-dealkylation sites (tertiary alicyclic amines) is 1. The number of carbonyl (C=O) groups is 1. The predicted molar refractivity (Wildman–Crippen MR) is 131 cm³/mol. The number of β-amino-alcohol motifs (C(OH)–C–C–N with tert-alkyl or cyclic N) is 1. The Hall–Kier alpha value is -3.37. The molecule has 1 aromatic heterocycles. The van der Waals surface area contributed by atoms with Crippen LogP contribution in [0, 0.1) is 12.8 Å². The van der Waals surface area contributed by atoms with E-state index in [4.69, 9.17) is 14.9 Å². The number of aryl methyl sites for hydroxylation is 1. The van der Waals surface area contributed by atoms with Gasteiger partial charge < -0.3 is 24.9 Å². The number of amides is 1. The van der Waals surface area contributed by atoms with E-state index in [0.29, 0.717) is 65.9 Å². The third-order valence-corrected chi connectivity index (χ3v) is 6.82. The second kappa shape index (κ2) is 10.9. The minimum atomic E-state index is -4.42. The van der Waals surface area contributed by atoms with E-state index in [1.54, 1.807) is 25.1 Å². The van der Waals surface area contributed by atoms with Gasteiger partial charge in [-0.05, 0) is 68.2 Å². The van der Waals surface area contributed by atoms with E-state index in [0.717, 1.165) is 12.1 Å². The summed E-state index contributed by atoms with van der Waals surface area (Å²) < 4.78 is 49.7. The summed E-state index contributed by atoms with van der Waals surface area (Å²) in [6.45, 7) is 3.57. The quantitative estimate of drug-likeness (QED) is 0.441. The van der Waals surface area contributed by atoms with E-state index in [9.17, 15) is 27.9 Å². The second-order valence-corrected chi connectivity index (χ2v) is 9.46. The van der Waals surface area contributed by atoms with Gasteiger partial charge in [0.2, 0.25) is 5.91 Å². The Morgan fingerprint density at radius 1 is 1.19 bits per heavy atom. The number of piperidine rings is 1. The van der Waals surface area contributed by atoms with Crippen molar-refractivity contribution in [3.05, 3.63) is 75.1 Å². The number of rotatable bonds is 8. The first-order valence-corrected chi connectivity index (χ1v) is 12.1. The lowest BCUT2D eigenvalue weighted by Crippen LogP contribution is -2.43. The van der Waals surface area contributed by atoms with Crippen LogP contribution in [0.25, 0.3) is 11.0 Å². The maximum atomic E-state index is 12.8.